The van der Waals surface area contributed by atoms with E-state index in [-0.39, 0.29) is 11.8 Å². The molecule has 0 spiro atoms. The topological polar surface area (TPSA) is 63.1 Å². The van der Waals surface area contributed by atoms with Crippen LogP contribution in [0.3, 0.4) is 0 Å². The van der Waals surface area contributed by atoms with Crippen LogP contribution in [-0.4, -0.2) is 33.8 Å². The van der Waals surface area contributed by atoms with E-state index in [4.69, 9.17) is 11.6 Å². The van der Waals surface area contributed by atoms with E-state index in [1.165, 1.54) is 11.3 Å². The van der Waals surface area contributed by atoms with E-state index in [2.05, 4.69) is 20.4 Å². The number of benzene rings is 1. The smallest absolute Gasteiger partial charge is 0.229 e. The van der Waals surface area contributed by atoms with Crippen LogP contribution in [0, 0.1) is 12.8 Å². The SMILES string of the molecule is Cc1c(Cl)cccc1NC(=O)[C@H]1CCCN(c2nnc(-n3cccc3)s2)C1. The molecule has 1 aromatic carbocycles. The van der Waals surface area contributed by atoms with E-state index in [9.17, 15) is 4.79 Å². The molecule has 0 saturated carbocycles. The number of carbonyl (C=O) groups is 1. The molecule has 1 N–H and O–H groups in total. The van der Waals surface area contributed by atoms with Gasteiger partial charge in [-0.3, -0.25) is 9.36 Å². The fourth-order valence-corrected chi connectivity index (χ4v) is 4.27. The number of piperidine rings is 1. The molecule has 4 rings (SSSR count). The van der Waals surface area contributed by atoms with Gasteiger partial charge in [-0.2, -0.15) is 0 Å². The summed E-state index contributed by atoms with van der Waals surface area (Å²) in [6.45, 7) is 3.45. The van der Waals surface area contributed by atoms with Gasteiger partial charge in [0.25, 0.3) is 0 Å². The van der Waals surface area contributed by atoms with Crippen LogP contribution in [0.5, 0.6) is 0 Å². The highest BCUT2D eigenvalue weighted by molar-refractivity contribution is 7.17. The third-order valence-corrected chi connectivity index (χ3v) is 6.22. The van der Waals surface area contributed by atoms with Crippen LogP contribution < -0.4 is 10.2 Å². The summed E-state index contributed by atoms with van der Waals surface area (Å²) < 4.78 is 1.94. The molecule has 0 unspecified atom stereocenters. The first-order valence-electron chi connectivity index (χ1n) is 8.89. The fourth-order valence-electron chi connectivity index (χ4n) is 3.24. The second-order valence-electron chi connectivity index (χ2n) is 6.64. The van der Waals surface area contributed by atoms with Crippen molar-refractivity contribution in [3.8, 4) is 5.13 Å². The minimum Gasteiger partial charge on any atom is -0.346 e. The van der Waals surface area contributed by atoms with Crippen LogP contribution >= 0.6 is 22.9 Å². The average molecular weight is 402 g/mol. The molecule has 1 fully saturated rings. The van der Waals surface area contributed by atoms with Gasteiger partial charge in [-0.25, -0.2) is 0 Å². The highest BCUT2D eigenvalue weighted by Gasteiger charge is 2.28. The maximum absolute atomic E-state index is 12.8. The Labute approximate surface area is 166 Å². The second-order valence-corrected chi connectivity index (χ2v) is 7.99. The second kappa shape index (κ2) is 7.70. The van der Waals surface area contributed by atoms with Gasteiger partial charge in [-0.1, -0.05) is 29.0 Å². The third-order valence-electron chi connectivity index (χ3n) is 4.82. The van der Waals surface area contributed by atoms with Crippen LogP contribution in [0.4, 0.5) is 10.8 Å². The minimum atomic E-state index is -0.0870. The van der Waals surface area contributed by atoms with Crippen molar-refractivity contribution in [3.05, 3.63) is 53.3 Å². The summed E-state index contributed by atoms with van der Waals surface area (Å²) in [6, 6.07) is 9.48. The maximum atomic E-state index is 12.8. The van der Waals surface area contributed by atoms with Crippen molar-refractivity contribution in [2.24, 2.45) is 5.92 Å². The average Bonchev–Trinajstić information content (AvgIpc) is 3.37. The maximum Gasteiger partial charge on any atom is 0.229 e. The van der Waals surface area contributed by atoms with Crippen LogP contribution in [-0.2, 0) is 4.79 Å². The summed E-state index contributed by atoms with van der Waals surface area (Å²) >= 11 is 7.69. The van der Waals surface area contributed by atoms with E-state index in [1.807, 2.05) is 54.2 Å². The van der Waals surface area contributed by atoms with Crippen molar-refractivity contribution in [1.82, 2.24) is 14.8 Å². The standard InChI is InChI=1S/C19H20ClN5OS/c1-13-15(20)7-4-8-16(13)21-17(26)14-6-5-11-25(12-14)19-23-22-18(27-19)24-9-2-3-10-24/h2-4,7-10,14H,5-6,11-12H2,1H3,(H,21,26)/t14-/m0/s1. The Balaban J connectivity index is 1.45. The summed E-state index contributed by atoms with van der Waals surface area (Å²) in [7, 11) is 0. The molecule has 0 radical (unpaired) electrons. The molecular weight excluding hydrogens is 382 g/mol. The van der Waals surface area contributed by atoms with Gasteiger partial charge >= 0.3 is 0 Å². The predicted molar refractivity (Wildman–Crippen MR) is 109 cm³/mol. The Morgan fingerprint density at radius 3 is 2.81 bits per heavy atom. The van der Waals surface area contributed by atoms with E-state index >= 15 is 0 Å². The summed E-state index contributed by atoms with van der Waals surface area (Å²) in [5.41, 5.74) is 1.66. The van der Waals surface area contributed by atoms with Gasteiger partial charge in [0, 0.05) is 36.2 Å². The normalized spacial score (nSPS) is 17.1. The monoisotopic (exact) mass is 401 g/mol. The van der Waals surface area contributed by atoms with Crippen LogP contribution in [0.2, 0.25) is 5.02 Å². The van der Waals surface area contributed by atoms with Crippen molar-refractivity contribution in [1.29, 1.82) is 0 Å². The van der Waals surface area contributed by atoms with Crippen LogP contribution in [0.25, 0.3) is 5.13 Å². The quantitative estimate of drug-likeness (QED) is 0.713. The number of amides is 1. The van der Waals surface area contributed by atoms with Gasteiger partial charge < -0.3 is 10.2 Å². The first kappa shape index (κ1) is 18.0. The lowest BCUT2D eigenvalue weighted by molar-refractivity contribution is -0.120. The molecule has 2 aromatic heterocycles. The predicted octanol–water partition coefficient (Wildman–Crippen LogP) is 4.15. The van der Waals surface area contributed by atoms with Crippen molar-refractivity contribution in [3.63, 3.8) is 0 Å². The van der Waals surface area contributed by atoms with Crippen molar-refractivity contribution in [2.75, 3.05) is 23.3 Å². The molecular formula is C19H20ClN5OS. The molecule has 0 aliphatic carbocycles. The fraction of sp³-hybridized carbons (Fsp3) is 0.316. The molecule has 1 aliphatic heterocycles. The Morgan fingerprint density at radius 1 is 1.22 bits per heavy atom. The van der Waals surface area contributed by atoms with Crippen molar-refractivity contribution < 1.29 is 4.79 Å². The van der Waals surface area contributed by atoms with Gasteiger partial charge in [0.2, 0.25) is 16.2 Å². The number of hydrogen-bond acceptors (Lipinski definition) is 5. The molecule has 8 heteroatoms. The lowest BCUT2D eigenvalue weighted by Gasteiger charge is -2.31. The summed E-state index contributed by atoms with van der Waals surface area (Å²) in [4.78, 5) is 14.9. The number of rotatable bonds is 4. The van der Waals surface area contributed by atoms with Crippen molar-refractivity contribution >= 4 is 39.7 Å². The number of nitrogens with one attached hydrogen (secondary N) is 1. The van der Waals surface area contributed by atoms with Gasteiger partial charge in [-0.15, -0.1) is 10.2 Å². The number of anilines is 2. The van der Waals surface area contributed by atoms with Gasteiger partial charge in [-0.05, 0) is 49.6 Å². The van der Waals surface area contributed by atoms with Crippen molar-refractivity contribution in [2.45, 2.75) is 19.8 Å². The zero-order valence-corrected chi connectivity index (χ0v) is 16.5. The molecule has 1 saturated heterocycles. The molecule has 27 heavy (non-hydrogen) atoms. The van der Waals surface area contributed by atoms with E-state index < -0.39 is 0 Å². The van der Waals surface area contributed by atoms with Gasteiger partial charge in [0.15, 0.2) is 0 Å². The minimum absolute atomic E-state index is 0.0280. The molecule has 6 nitrogen and oxygen atoms in total. The first-order chi connectivity index (χ1) is 13.1. The molecule has 0 bridgehead atoms. The number of halogens is 1. The highest BCUT2D eigenvalue weighted by Crippen LogP contribution is 2.29. The summed E-state index contributed by atoms with van der Waals surface area (Å²) in [6.07, 6.45) is 5.71. The molecule has 3 aromatic rings. The summed E-state index contributed by atoms with van der Waals surface area (Å²) in [5, 5.41) is 14.0. The molecule has 1 atom stereocenters. The van der Waals surface area contributed by atoms with E-state index in [0.717, 1.165) is 40.9 Å². The number of aromatic nitrogens is 3. The largest absolute Gasteiger partial charge is 0.346 e. The Bertz CT molecular complexity index is 939. The zero-order chi connectivity index (χ0) is 18.8. The molecule has 140 valence electrons. The summed E-state index contributed by atoms with van der Waals surface area (Å²) in [5.74, 6) is -0.0590. The lowest BCUT2D eigenvalue weighted by atomic mass is 9.97. The number of hydrogen-bond donors (Lipinski definition) is 1. The highest BCUT2D eigenvalue weighted by atomic mass is 35.5. The first-order valence-corrected chi connectivity index (χ1v) is 10.1. The zero-order valence-electron chi connectivity index (χ0n) is 14.9. The van der Waals surface area contributed by atoms with Crippen LogP contribution in [0.15, 0.2) is 42.7 Å². The molecule has 1 amide bonds. The van der Waals surface area contributed by atoms with Gasteiger partial charge in [0.1, 0.15) is 0 Å². The molecule has 3 heterocycles. The lowest BCUT2D eigenvalue weighted by Crippen LogP contribution is -2.40. The van der Waals surface area contributed by atoms with E-state index in [0.29, 0.717) is 11.6 Å². The Morgan fingerprint density at radius 2 is 2.00 bits per heavy atom. The number of carbonyl (C=O) groups excluding carboxylic acids is 1. The Hall–Kier alpha value is -2.38. The molecule has 1 aliphatic rings. The Kier molecular flexibility index (Phi) is 5.13. The number of nitrogens with zero attached hydrogens (tertiary/aromatic N) is 4. The van der Waals surface area contributed by atoms with Crippen LogP contribution in [0.1, 0.15) is 18.4 Å². The van der Waals surface area contributed by atoms with Gasteiger partial charge in [0.05, 0.1) is 5.92 Å². The third kappa shape index (κ3) is 3.84. The van der Waals surface area contributed by atoms with E-state index in [1.54, 1.807) is 0 Å².